The number of methoxy groups -OCH3 is 1. The van der Waals surface area contributed by atoms with Gasteiger partial charge in [-0.15, -0.1) is 0 Å². The number of ether oxygens (including phenoxy) is 1. The fourth-order valence-electron chi connectivity index (χ4n) is 2.72. The minimum absolute atomic E-state index is 0.743. The molecule has 0 unspecified atom stereocenters. The zero-order chi connectivity index (χ0) is 12.8. The van der Waals surface area contributed by atoms with Crippen LogP contribution in [0.25, 0.3) is 0 Å². The molecule has 2 rings (SSSR count). The van der Waals surface area contributed by atoms with Gasteiger partial charge in [-0.25, -0.2) is 0 Å². The number of hydrogen-bond donors (Lipinski definition) is 0. The van der Waals surface area contributed by atoms with Crippen molar-refractivity contribution in [1.82, 2.24) is 0 Å². The third-order valence-corrected chi connectivity index (χ3v) is 4.31. The molecule has 1 aliphatic rings. The standard InChI is InChI=1S/C16H21BrO/c1-18-12-2-3-13-4-6-14(7-5-13)15-8-10-16(17)11-9-15/h2-3,8-11,13-14H,4-7,12H2,1H3/t13-,14-. The molecule has 0 saturated heterocycles. The Labute approximate surface area is 118 Å². The molecule has 0 aromatic heterocycles. The fraction of sp³-hybridized carbons (Fsp3) is 0.500. The molecule has 1 aliphatic carbocycles. The van der Waals surface area contributed by atoms with Crippen LogP contribution in [0.3, 0.4) is 0 Å². The number of hydrogen-bond acceptors (Lipinski definition) is 1. The molecule has 0 amide bonds. The van der Waals surface area contributed by atoms with Crippen LogP contribution in [0.5, 0.6) is 0 Å². The third kappa shape index (κ3) is 3.96. The first-order valence-corrected chi connectivity index (χ1v) is 7.50. The maximum atomic E-state index is 5.04. The van der Waals surface area contributed by atoms with E-state index in [1.54, 1.807) is 7.11 Å². The van der Waals surface area contributed by atoms with E-state index in [9.17, 15) is 0 Å². The number of benzene rings is 1. The lowest BCUT2D eigenvalue weighted by atomic mass is 9.78. The lowest BCUT2D eigenvalue weighted by Gasteiger charge is -2.27. The van der Waals surface area contributed by atoms with Gasteiger partial charge in [-0.05, 0) is 55.2 Å². The van der Waals surface area contributed by atoms with Gasteiger partial charge in [-0.2, -0.15) is 0 Å². The molecule has 0 heterocycles. The highest BCUT2D eigenvalue weighted by Crippen LogP contribution is 2.36. The van der Waals surface area contributed by atoms with Crippen molar-refractivity contribution in [2.24, 2.45) is 5.92 Å². The summed E-state index contributed by atoms with van der Waals surface area (Å²) in [5.74, 6) is 1.51. The Morgan fingerprint density at radius 2 is 1.83 bits per heavy atom. The van der Waals surface area contributed by atoms with Crippen molar-refractivity contribution >= 4 is 15.9 Å². The number of rotatable bonds is 4. The van der Waals surface area contributed by atoms with Crippen molar-refractivity contribution in [1.29, 1.82) is 0 Å². The number of halogens is 1. The molecule has 0 N–H and O–H groups in total. The minimum Gasteiger partial charge on any atom is -0.381 e. The van der Waals surface area contributed by atoms with Gasteiger partial charge in [0.15, 0.2) is 0 Å². The molecule has 0 bridgehead atoms. The summed E-state index contributed by atoms with van der Waals surface area (Å²) in [4.78, 5) is 0. The van der Waals surface area contributed by atoms with Crippen molar-refractivity contribution in [3.05, 3.63) is 46.5 Å². The first kappa shape index (κ1) is 13.8. The normalized spacial score (nSPS) is 24.6. The van der Waals surface area contributed by atoms with E-state index in [2.05, 4.69) is 52.3 Å². The summed E-state index contributed by atoms with van der Waals surface area (Å²) in [6.07, 6.45) is 9.72. The quantitative estimate of drug-likeness (QED) is 0.717. The second-order valence-electron chi connectivity index (χ2n) is 5.05. The molecule has 1 aromatic carbocycles. The van der Waals surface area contributed by atoms with Gasteiger partial charge in [-0.1, -0.05) is 40.2 Å². The summed E-state index contributed by atoms with van der Waals surface area (Å²) in [5.41, 5.74) is 1.50. The summed E-state index contributed by atoms with van der Waals surface area (Å²) >= 11 is 3.49. The van der Waals surface area contributed by atoms with Crippen LogP contribution in [0.15, 0.2) is 40.9 Å². The monoisotopic (exact) mass is 308 g/mol. The topological polar surface area (TPSA) is 9.23 Å². The zero-order valence-electron chi connectivity index (χ0n) is 10.9. The van der Waals surface area contributed by atoms with E-state index in [1.807, 2.05) is 0 Å². The fourth-order valence-corrected chi connectivity index (χ4v) is 2.99. The Balaban J connectivity index is 1.84. The molecule has 1 aromatic rings. The highest BCUT2D eigenvalue weighted by atomic mass is 79.9. The van der Waals surface area contributed by atoms with Crippen molar-refractivity contribution in [3.8, 4) is 0 Å². The van der Waals surface area contributed by atoms with Crippen molar-refractivity contribution < 1.29 is 4.74 Å². The van der Waals surface area contributed by atoms with Gasteiger partial charge in [0.05, 0.1) is 6.61 Å². The predicted octanol–water partition coefficient (Wildman–Crippen LogP) is 4.93. The highest BCUT2D eigenvalue weighted by Gasteiger charge is 2.20. The van der Waals surface area contributed by atoms with E-state index in [-0.39, 0.29) is 0 Å². The third-order valence-electron chi connectivity index (χ3n) is 3.78. The van der Waals surface area contributed by atoms with Gasteiger partial charge < -0.3 is 4.74 Å². The molecule has 1 nitrogen and oxygen atoms in total. The van der Waals surface area contributed by atoms with Gasteiger partial charge >= 0.3 is 0 Å². The maximum absolute atomic E-state index is 5.04. The molecular weight excluding hydrogens is 288 g/mol. The summed E-state index contributed by atoms with van der Waals surface area (Å²) in [5, 5.41) is 0. The van der Waals surface area contributed by atoms with Crippen LogP contribution in [0.1, 0.15) is 37.2 Å². The summed E-state index contributed by atoms with van der Waals surface area (Å²) < 4.78 is 6.21. The van der Waals surface area contributed by atoms with E-state index >= 15 is 0 Å². The van der Waals surface area contributed by atoms with Crippen LogP contribution < -0.4 is 0 Å². The van der Waals surface area contributed by atoms with Gasteiger partial charge in [0.25, 0.3) is 0 Å². The van der Waals surface area contributed by atoms with Gasteiger partial charge in [0, 0.05) is 11.6 Å². The first-order valence-electron chi connectivity index (χ1n) is 6.70. The van der Waals surface area contributed by atoms with Gasteiger partial charge in [0.2, 0.25) is 0 Å². The molecule has 98 valence electrons. The SMILES string of the molecule is COCC=C[C@H]1CC[C@H](c2ccc(Br)cc2)CC1. The van der Waals surface area contributed by atoms with Gasteiger partial charge in [-0.3, -0.25) is 0 Å². The van der Waals surface area contributed by atoms with E-state index in [4.69, 9.17) is 4.74 Å². The summed E-state index contributed by atoms with van der Waals surface area (Å²) in [6, 6.07) is 8.82. The average molecular weight is 309 g/mol. The molecule has 1 saturated carbocycles. The van der Waals surface area contributed by atoms with Crippen LogP contribution in [0.4, 0.5) is 0 Å². The second kappa shape index (κ2) is 7.10. The Hall–Kier alpha value is -0.600. The molecule has 0 aliphatic heterocycles. The molecule has 18 heavy (non-hydrogen) atoms. The smallest absolute Gasteiger partial charge is 0.0643 e. The molecule has 0 spiro atoms. The zero-order valence-corrected chi connectivity index (χ0v) is 12.5. The molecule has 1 fully saturated rings. The van der Waals surface area contributed by atoms with Gasteiger partial charge in [0.1, 0.15) is 0 Å². The largest absolute Gasteiger partial charge is 0.381 e. The van der Waals surface area contributed by atoms with E-state index in [0.717, 1.165) is 18.4 Å². The Morgan fingerprint density at radius 3 is 2.44 bits per heavy atom. The molecule has 2 heteroatoms. The predicted molar refractivity (Wildman–Crippen MR) is 79.9 cm³/mol. The maximum Gasteiger partial charge on any atom is 0.0643 e. The van der Waals surface area contributed by atoms with Crippen LogP contribution in [-0.2, 0) is 4.74 Å². The van der Waals surface area contributed by atoms with Crippen LogP contribution in [-0.4, -0.2) is 13.7 Å². The molecule has 0 radical (unpaired) electrons. The minimum atomic E-state index is 0.743. The Morgan fingerprint density at radius 1 is 1.17 bits per heavy atom. The summed E-state index contributed by atoms with van der Waals surface area (Å²) in [7, 11) is 1.74. The molecular formula is C16H21BrO. The van der Waals surface area contributed by atoms with Crippen LogP contribution >= 0.6 is 15.9 Å². The lowest BCUT2D eigenvalue weighted by molar-refractivity contribution is 0.233. The van der Waals surface area contributed by atoms with Crippen molar-refractivity contribution in [2.45, 2.75) is 31.6 Å². The van der Waals surface area contributed by atoms with E-state index < -0.39 is 0 Å². The van der Waals surface area contributed by atoms with E-state index in [1.165, 1.54) is 35.7 Å². The van der Waals surface area contributed by atoms with E-state index in [0.29, 0.717) is 0 Å². The second-order valence-corrected chi connectivity index (χ2v) is 5.96. The Kier molecular flexibility index (Phi) is 5.45. The van der Waals surface area contributed by atoms with Crippen LogP contribution in [0.2, 0.25) is 0 Å². The van der Waals surface area contributed by atoms with Crippen LogP contribution in [0, 0.1) is 5.92 Å². The summed E-state index contributed by atoms with van der Waals surface area (Å²) in [6.45, 7) is 0.743. The lowest BCUT2D eigenvalue weighted by Crippen LogP contribution is -2.11. The molecule has 0 atom stereocenters. The first-order chi connectivity index (χ1) is 8.79. The Bertz CT molecular complexity index is 375. The average Bonchev–Trinajstić information content (AvgIpc) is 2.41. The van der Waals surface area contributed by atoms with Crippen molar-refractivity contribution in [2.75, 3.05) is 13.7 Å². The van der Waals surface area contributed by atoms with Crippen molar-refractivity contribution in [3.63, 3.8) is 0 Å². The highest BCUT2D eigenvalue weighted by molar-refractivity contribution is 9.10. The number of allylic oxidation sites excluding steroid dienone is 1.